The predicted octanol–water partition coefficient (Wildman–Crippen LogP) is 3.32. The topological polar surface area (TPSA) is 0 Å². The minimum absolute atomic E-state index is 0.476. The van der Waals surface area contributed by atoms with Crippen LogP contribution in [0.5, 0.6) is 0 Å². The lowest BCUT2D eigenvalue weighted by atomic mass is 9.89. The lowest BCUT2D eigenvalue weighted by molar-refractivity contribution is -0.187. The van der Waals surface area contributed by atoms with Gasteiger partial charge >= 0.3 is 6.18 Å². The minimum Gasteiger partial charge on any atom is -0.237 e. The summed E-state index contributed by atoms with van der Waals surface area (Å²) in [4.78, 5) is 0. The van der Waals surface area contributed by atoms with E-state index in [1.165, 1.54) is 0 Å². The van der Waals surface area contributed by atoms with Crippen molar-refractivity contribution in [3.63, 3.8) is 0 Å². The van der Waals surface area contributed by atoms with Crippen LogP contribution >= 0.6 is 0 Å². The molecule has 0 saturated heterocycles. The Morgan fingerprint density at radius 3 is 1.55 bits per heavy atom. The molecule has 1 unspecified atom stereocenters. The van der Waals surface area contributed by atoms with E-state index < -0.39 is 24.2 Å². The molecule has 0 bridgehead atoms. The van der Waals surface area contributed by atoms with Crippen molar-refractivity contribution in [1.82, 2.24) is 0 Å². The van der Waals surface area contributed by atoms with Crippen LogP contribution in [0, 0.1) is 5.41 Å². The Kier molecular flexibility index (Phi) is 2.91. The second-order valence-corrected chi connectivity index (χ2v) is 3.77. The minimum atomic E-state index is -4.70. The fourth-order valence-electron chi connectivity index (χ4n) is 0.653. The summed E-state index contributed by atoms with van der Waals surface area (Å²) in [6.45, 7) is 4.72. The summed E-state index contributed by atoms with van der Waals surface area (Å²) in [5.41, 5.74) is -0.616. The standard InChI is InChI=1S/C7H12F4/c1-6(2,3)4-5(8)7(9,10)11/h5H,4H2,1-3H3. The number of halogens is 4. The van der Waals surface area contributed by atoms with Crippen molar-refractivity contribution in [3.8, 4) is 0 Å². The van der Waals surface area contributed by atoms with Gasteiger partial charge in [0, 0.05) is 0 Å². The largest absolute Gasteiger partial charge is 0.419 e. The summed E-state index contributed by atoms with van der Waals surface area (Å²) < 4.78 is 47.1. The maximum atomic E-state index is 12.3. The van der Waals surface area contributed by atoms with Crippen LogP contribution in [0.1, 0.15) is 27.2 Å². The lowest BCUT2D eigenvalue weighted by Gasteiger charge is -2.22. The van der Waals surface area contributed by atoms with Crippen molar-refractivity contribution >= 4 is 0 Å². The van der Waals surface area contributed by atoms with Crippen LogP contribution in [-0.2, 0) is 0 Å². The SMILES string of the molecule is CC(C)(C)CC(F)C(F)(F)F. The molecule has 1 atom stereocenters. The third-order valence-electron chi connectivity index (χ3n) is 1.15. The van der Waals surface area contributed by atoms with Gasteiger partial charge in [-0.2, -0.15) is 13.2 Å². The number of hydrogen-bond donors (Lipinski definition) is 0. The Morgan fingerprint density at radius 2 is 1.45 bits per heavy atom. The van der Waals surface area contributed by atoms with E-state index in [-0.39, 0.29) is 0 Å². The molecular formula is C7H12F4. The molecule has 0 rings (SSSR count). The second kappa shape index (κ2) is 2.99. The van der Waals surface area contributed by atoms with E-state index in [1.807, 2.05) is 0 Å². The highest BCUT2D eigenvalue weighted by Gasteiger charge is 2.41. The van der Waals surface area contributed by atoms with Gasteiger partial charge in [-0.1, -0.05) is 20.8 Å². The first-order valence-corrected chi connectivity index (χ1v) is 3.34. The molecule has 11 heavy (non-hydrogen) atoms. The van der Waals surface area contributed by atoms with Crippen LogP contribution in [0.15, 0.2) is 0 Å². The Hall–Kier alpha value is -0.280. The number of alkyl halides is 4. The molecule has 0 amide bonds. The van der Waals surface area contributed by atoms with Gasteiger partial charge in [0.15, 0.2) is 6.17 Å². The van der Waals surface area contributed by atoms with Gasteiger partial charge < -0.3 is 0 Å². The zero-order valence-corrected chi connectivity index (χ0v) is 6.80. The summed E-state index contributed by atoms with van der Waals surface area (Å²) in [5.74, 6) is 0. The van der Waals surface area contributed by atoms with Gasteiger partial charge in [0.2, 0.25) is 0 Å². The first-order valence-electron chi connectivity index (χ1n) is 3.34. The molecule has 0 saturated carbocycles. The van der Waals surface area contributed by atoms with Crippen molar-refractivity contribution in [2.45, 2.75) is 39.5 Å². The van der Waals surface area contributed by atoms with Crippen LogP contribution in [-0.4, -0.2) is 12.3 Å². The lowest BCUT2D eigenvalue weighted by Crippen LogP contribution is -2.28. The van der Waals surface area contributed by atoms with Crippen LogP contribution in [0.25, 0.3) is 0 Å². The molecule has 0 aromatic heterocycles. The van der Waals surface area contributed by atoms with Crippen LogP contribution in [0.3, 0.4) is 0 Å². The number of hydrogen-bond acceptors (Lipinski definition) is 0. The van der Waals surface area contributed by atoms with E-state index in [9.17, 15) is 17.6 Å². The molecule has 0 aliphatic carbocycles. The van der Waals surface area contributed by atoms with E-state index in [4.69, 9.17) is 0 Å². The summed E-state index contributed by atoms with van der Waals surface area (Å²) in [6.07, 6.45) is -7.87. The normalized spacial score (nSPS) is 16.6. The molecule has 0 aromatic rings. The van der Waals surface area contributed by atoms with Gasteiger partial charge in [-0.15, -0.1) is 0 Å². The van der Waals surface area contributed by atoms with E-state index in [0.717, 1.165) is 0 Å². The second-order valence-electron chi connectivity index (χ2n) is 3.77. The molecule has 0 heterocycles. The van der Waals surface area contributed by atoms with Crippen LogP contribution in [0.2, 0.25) is 0 Å². The highest BCUT2D eigenvalue weighted by molar-refractivity contribution is 4.73. The molecule has 0 aliphatic heterocycles. The molecule has 0 N–H and O–H groups in total. The average Bonchev–Trinajstić information content (AvgIpc) is 1.56. The molecule has 0 aliphatic rings. The van der Waals surface area contributed by atoms with Gasteiger partial charge in [0.05, 0.1) is 0 Å². The Morgan fingerprint density at radius 1 is 1.09 bits per heavy atom. The van der Waals surface area contributed by atoms with Gasteiger partial charge in [-0.25, -0.2) is 4.39 Å². The highest BCUT2D eigenvalue weighted by atomic mass is 19.4. The monoisotopic (exact) mass is 172 g/mol. The van der Waals surface area contributed by atoms with E-state index >= 15 is 0 Å². The summed E-state index contributed by atoms with van der Waals surface area (Å²) in [5, 5.41) is 0. The van der Waals surface area contributed by atoms with Gasteiger partial charge in [-0.3, -0.25) is 0 Å². The van der Waals surface area contributed by atoms with E-state index in [0.29, 0.717) is 0 Å². The zero-order valence-electron chi connectivity index (χ0n) is 6.80. The molecule has 0 aromatic carbocycles. The smallest absolute Gasteiger partial charge is 0.237 e. The van der Waals surface area contributed by atoms with Gasteiger partial charge in [0.25, 0.3) is 0 Å². The maximum absolute atomic E-state index is 12.3. The molecule has 0 fully saturated rings. The third kappa shape index (κ3) is 5.04. The van der Waals surface area contributed by atoms with Crippen molar-refractivity contribution in [2.75, 3.05) is 0 Å². The molecule has 0 radical (unpaired) electrons. The Bertz CT molecular complexity index is 119. The molecule has 4 heteroatoms. The van der Waals surface area contributed by atoms with E-state index in [1.54, 1.807) is 20.8 Å². The van der Waals surface area contributed by atoms with Crippen LogP contribution < -0.4 is 0 Å². The zero-order chi connectivity index (χ0) is 9.28. The van der Waals surface area contributed by atoms with Crippen molar-refractivity contribution in [3.05, 3.63) is 0 Å². The summed E-state index contributed by atoms with van der Waals surface area (Å²) in [6, 6.07) is 0. The first-order chi connectivity index (χ1) is 4.63. The fraction of sp³-hybridized carbons (Fsp3) is 1.00. The molecule has 68 valence electrons. The molecule has 0 nitrogen and oxygen atoms in total. The van der Waals surface area contributed by atoms with Crippen molar-refractivity contribution in [1.29, 1.82) is 0 Å². The molecule has 0 spiro atoms. The van der Waals surface area contributed by atoms with Gasteiger partial charge in [-0.05, 0) is 11.8 Å². The first kappa shape index (κ1) is 10.7. The quantitative estimate of drug-likeness (QED) is 0.532. The van der Waals surface area contributed by atoms with E-state index in [2.05, 4.69) is 0 Å². The van der Waals surface area contributed by atoms with Crippen LogP contribution in [0.4, 0.5) is 17.6 Å². The fourth-order valence-corrected chi connectivity index (χ4v) is 0.653. The summed E-state index contributed by atoms with van der Waals surface area (Å²) >= 11 is 0. The third-order valence-corrected chi connectivity index (χ3v) is 1.15. The average molecular weight is 172 g/mol. The van der Waals surface area contributed by atoms with Crippen molar-refractivity contribution < 1.29 is 17.6 Å². The van der Waals surface area contributed by atoms with Gasteiger partial charge in [0.1, 0.15) is 0 Å². The Labute approximate surface area is 63.6 Å². The highest BCUT2D eigenvalue weighted by Crippen LogP contribution is 2.32. The Balaban J connectivity index is 3.99. The summed E-state index contributed by atoms with van der Waals surface area (Å²) in [7, 11) is 0. The predicted molar refractivity (Wildman–Crippen MR) is 35.0 cm³/mol. The van der Waals surface area contributed by atoms with Crippen molar-refractivity contribution in [2.24, 2.45) is 5.41 Å². The molecular weight excluding hydrogens is 160 g/mol. The maximum Gasteiger partial charge on any atom is 0.419 e. The number of rotatable bonds is 1.